The third-order valence-corrected chi connectivity index (χ3v) is 3.46. The van der Waals surface area contributed by atoms with Crippen molar-refractivity contribution < 1.29 is 14.1 Å². The van der Waals surface area contributed by atoms with Gasteiger partial charge in [-0.25, -0.2) is 9.97 Å². The molecule has 122 valence electrons. The summed E-state index contributed by atoms with van der Waals surface area (Å²) in [4.78, 5) is 20.2. The number of rotatable bonds is 4. The van der Waals surface area contributed by atoms with Crippen LogP contribution in [0, 0.1) is 0 Å². The Bertz CT molecular complexity index is 883. The Kier molecular flexibility index (Phi) is 4.30. The van der Waals surface area contributed by atoms with Gasteiger partial charge >= 0.3 is 0 Å². The highest BCUT2D eigenvalue weighted by Crippen LogP contribution is 2.33. The van der Waals surface area contributed by atoms with Gasteiger partial charge in [0, 0.05) is 11.6 Å². The lowest BCUT2D eigenvalue weighted by Gasteiger charge is -2.10. The highest BCUT2D eigenvalue weighted by Gasteiger charge is 2.15. The Balaban J connectivity index is 1.89. The van der Waals surface area contributed by atoms with Gasteiger partial charge in [0.25, 0.3) is 5.91 Å². The highest BCUT2D eigenvalue weighted by molar-refractivity contribution is 6.33. The lowest BCUT2D eigenvalue weighted by molar-refractivity contribution is 0.0987. The molecule has 3 N–H and O–H groups in total. The van der Waals surface area contributed by atoms with Crippen molar-refractivity contribution in [3.8, 4) is 17.0 Å². The Hall–Kier alpha value is -3.13. The van der Waals surface area contributed by atoms with Crippen LogP contribution in [0.2, 0.25) is 5.02 Å². The van der Waals surface area contributed by atoms with E-state index < -0.39 is 5.91 Å². The minimum atomic E-state index is -0.506. The van der Waals surface area contributed by atoms with E-state index in [4.69, 9.17) is 26.6 Å². The van der Waals surface area contributed by atoms with E-state index in [1.165, 1.54) is 18.5 Å². The molecule has 0 aliphatic heterocycles. The summed E-state index contributed by atoms with van der Waals surface area (Å²) in [7, 11) is 1.55. The quantitative estimate of drug-likeness (QED) is 0.746. The smallest absolute Gasteiger partial charge is 0.295 e. The van der Waals surface area contributed by atoms with Gasteiger partial charge in [-0.15, -0.1) is 0 Å². The third kappa shape index (κ3) is 3.13. The van der Waals surface area contributed by atoms with Gasteiger partial charge in [-0.1, -0.05) is 16.8 Å². The van der Waals surface area contributed by atoms with Crippen LogP contribution >= 0.6 is 11.6 Å². The van der Waals surface area contributed by atoms with E-state index >= 15 is 0 Å². The first-order valence-corrected chi connectivity index (χ1v) is 7.14. The monoisotopic (exact) mass is 345 g/mol. The molecule has 2 aromatic heterocycles. The number of ether oxygens (including phenoxy) is 1. The second-order valence-corrected chi connectivity index (χ2v) is 5.07. The van der Waals surface area contributed by atoms with Gasteiger partial charge in [-0.3, -0.25) is 4.79 Å². The molecule has 2 heterocycles. The van der Waals surface area contributed by atoms with Gasteiger partial charge in [0.1, 0.15) is 11.4 Å². The van der Waals surface area contributed by atoms with E-state index in [0.717, 1.165) is 0 Å². The Morgan fingerprint density at radius 1 is 1.38 bits per heavy atom. The first-order chi connectivity index (χ1) is 11.6. The summed E-state index contributed by atoms with van der Waals surface area (Å²) in [5, 5.41) is 6.43. The summed E-state index contributed by atoms with van der Waals surface area (Å²) >= 11 is 6.18. The van der Waals surface area contributed by atoms with Crippen LogP contribution < -0.4 is 15.8 Å². The van der Waals surface area contributed by atoms with E-state index in [9.17, 15) is 4.79 Å². The predicted molar refractivity (Wildman–Crippen MR) is 87.9 cm³/mol. The number of benzene rings is 1. The molecule has 0 fully saturated rings. The van der Waals surface area contributed by atoms with Crippen molar-refractivity contribution in [2.75, 3.05) is 18.2 Å². The van der Waals surface area contributed by atoms with E-state index in [-0.39, 0.29) is 17.4 Å². The second-order valence-electron chi connectivity index (χ2n) is 4.67. The standard InChI is InChI=1S/C15H12ClN5O3/c1-23-8-2-3-10(16)9(6-8)13-14(17)20-12(7-18-13)21-15(22)11-4-5-19-24-11/h2-7H,1H3,(H3,17,20,21,22). The number of hydrogen-bond acceptors (Lipinski definition) is 7. The van der Waals surface area contributed by atoms with Crippen molar-refractivity contribution in [2.45, 2.75) is 0 Å². The summed E-state index contributed by atoms with van der Waals surface area (Å²) in [6, 6.07) is 6.53. The number of methoxy groups -OCH3 is 1. The van der Waals surface area contributed by atoms with Crippen molar-refractivity contribution in [2.24, 2.45) is 0 Å². The zero-order valence-corrected chi connectivity index (χ0v) is 13.2. The van der Waals surface area contributed by atoms with E-state index in [0.29, 0.717) is 22.0 Å². The van der Waals surface area contributed by atoms with Crippen LogP contribution in [0.5, 0.6) is 5.75 Å². The molecule has 0 atom stereocenters. The molecule has 3 aromatic rings. The highest BCUT2D eigenvalue weighted by atomic mass is 35.5. The van der Waals surface area contributed by atoms with E-state index in [2.05, 4.69) is 20.4 Å². The number of nitrogens with zero attached hydrogens (tertiary/aromatic N) is 3. The molecule has 9 heteroatoms. The number of aromatic nitrogens is 3. The van der Waals surface area contributed by atoms with Crippen molar-refractivity contribution >= 4 is 29.1 Å². The van der Waals surface area contributed by atoms with Crippen LogP contribution in [-0.2, 0) is 0 Å². The number of hydrogen-bond donors (Lipinski definition) is 2. The number of amides is 1. The van der Waals surface area contributed by atoms with Gasteiger partial charge in [0.2, 0.25) is 5.76 Å². The number of anilines is 2. The number of nitrogens with two attached hydrogens (primary N) is 1. The lowest BCUT2D eigenvalue weighted by atomic mass is 10.1. The third-order valence-electron chi connectivity index (χ3n) is 3.13. The van der Waals surface area contributed by atoms with E-state index in [1.807, 2.05) is 0 Å². The molecular formula is C15H12ClN5O3. The van der Waals surface area contributed by atoms with Gasteiger partial charge in [-0.05, 0) is 18.2 Å². The second kappa shape index (κ2) is 6.55. The molecule has 0 aliphatic carbocycles. The fraction of sp³-hybridized carbons (Fsp3) is 0.0667. The van der Waals surface area contributed by atoms with Crippen LogP contribution in [-0.4, -0.2) is 28.1 Å². The van der Waals surface area contributed by atoms with Gasteiger partial charge in [-0.2, -0.15) is 0 Å². The average molecular weight is 346 g/mol. The predicted octanol–water partition coefficient (Wildman–Crippen LogP) is 2.63. The maximum Gasteiger partial charge on any atom is 0.295 e. The maximum atomic E-state index is 11.9. The van der Waals surface area contributed by atoms with Crippen LogP contribution in [0.15, 0.2) is 41.2 Å². The SMILES string of the molecule is COc1ccc(Cl)c(-c2ncc(NC(=O)c3ccno3)nc2N)c1. The summed E-state index contributed by atoms with van der Waals surface area (Å²) < 4.78 is 9.93. The Morgan fingerprint density at radius 2 is 2.21 bits per heavy atom. The summed E-state index contributed by atoms with van der Waals surface area (Å²) in [6.45, 7) is 0. The van der Waals surface area contributed by atoms with Gasteiger partial charge in [0.15, 0.2) is 11.6 Å². The molecule has 0 saturated heterocycles. The molecule has 0 unspecified atom stereocenters. The number of carbonyl (C=O) groups excluding carboxylic acids is 1. The van der Waals surface area contributed by atoms with Crippen LogP contribution in [0.4, 0.5) is 11.6 Å². The molecule has 1 aromatic carbocycles. The first-order valence-electron chi connectivity index (χ1n) is 6.77. The molecule has 0 spiro atoms. The van der Waals surface area contributed by atoms with Crippen LogP contribution in [0.3, 0.4) is 0 Å². The molecule has 8 nitrogen and oxygen atoms in total. The Morgan fingerprint density at radius 3 is 2.88 bits per heavy atom. The first kappa shape index (κ1) is 15.8. The number of carbonyl (C=O) groups is 1. The molecule has 0 bridgehead atoms. The zero-order valence-electron chi connectivity index (χ0n) is 12.5. The maximum absolute atomic E-state index is 11.9. The molecular weight excluding hydrogens is 334 g/mol. The Labute approximate surface area is 141 Å². The summed E-state index contributed by atoms with van der Waals surface area (Å²) in [6.07, 6.45) is 2.73. The summed E-state index contributed by atoms with van der Waals surface area (Å²) in [5.74, 6) is 0.444. The minimum Gasteiger partial charge on any atom is -0.497 e. The van der Waals surface area contributed by atoms with Crippen LogP contribution in [0.1, 0.15) is 10.6 Å². The molecule has 0 aliphatic rings. The average Bonchev–Trinajstić information content (AvgIpc) is 3.11. The number of halogens is 1. The summed E-state index contributed by atoms with van der Waals surface area (Å²) in [5.41, 5.74) is 6.91. The van der Waals surface area contributed by atoms with Crippen LogP contribution in [0.25, 0.3) is 11.3 Å². The largest absolute Gasteiger partial charge is 0.497 e. The number of nitrogen functional groups attached to an aromatic ring is 1. The van der Waals surface area contributed by atoms with Crippen molar-refractivity contribution in [3.05, 3.63) is 47.4 Å². The molecule has 1 amide bonds. The molecule has 24 heavy (non-hydrogen) atoms. The van der Waals surface area contributed by atoms with Crippen molar-refractivity contribution in [3.63, 3.8) is 0 Å². The molecule has 0 saturated carbocycles. The van der Waals surface area contributed by atoms with Gasteiger partial charge in [0.05, 0.1) is 24.5 Å². The lowest BCUT2D eigenvalue weighted by Crippen LogP contribution is -2.13. The normalized spacial score (nSPS) is 10.4. The molecule has 3 rings (SSSR count). The number of nitrogens with one attached hydrogen (secondary N) is 1. The topological polar surface area (TPSA) is 116 Å². The fourth-order valence-corrected chi connectivity index (χ4v) is 2.20. The fourth-order valence-electron chi connectivity index (χ4n) is 1.99. The zero-order chi connectivity index (χ0) is 17.1. The molecule has 0 radical (unpaired) electrons. The van der Waals surface area contributed by atoms with Gasteiger partial charge < -0.3 is 20.3 Å². The van der Waals surface area contributed by atoms with E-state index in [1.54, 1.807) is 25.3 Å². The van der Waals surface area contributed by atoms with Crippen molar-refractivity contribution in [1.82, 2.24) is 15.1 Å². The minimum absolute atomic E-state index is 0.0512. The van der Waals surface area contributed by atoms with Crippen molar-refractivity contribution in [1.29, 1.82) is 0 Å².